The van der Waals surface area contributed by atoms with E-state index in [1.807, 2.05) is 0 Å². The van der Waals surface area contributed by atoms with E-state index in [-0.39, 0.29) is 23.2 Å². The first-order valence-corrected chi connectivity index (χ1v) is 19.3. The van der Waals surface area contributed by atoms with Crippen molar-refractivity contribution >= 4 is 70.8 Å². The van der Waals surface area contributed by atoms with Crippen molar-refractivity contribution in [3.63, 3.8) is 0 Å². The van der Waals surface area contributed by atoms with Crippen LogP contribution in [0.25, 0.3) is 0 Å². The van der Waals surface area contributed by atoms with Crippen molar-refractivity contribution in [1.29, 1.82) is 0 Å². The van der Waals surface area contributed by atoms with Crippen molar-refractivity contribution < 1.29 is 16.5 Å². The van der Waals surface area contributed by atoms with Crippen LogP contribution >= 0.6 is 15.8 Å². The van der Waals surface area contributed by atoms with Gasteiger partial charge in [0.05, 0.1) is 0 Å². The van der Waals surface area contributed by atoms with Gasteiger partial charge >= 0.3 is 0 Å². The van der Waals surface area contributed by atoms with Crippen LogP contribution in [0.5, 0.6) is 0 Å². The summed E-state index contributed by atoms with van der Waals surface area (Å²) in [4.78, 5) is 0. The Kier molecular flexibility index (Phi) is 11.4. The second-order valence-corrected chi connectivity index (χ2v) is 16.7. The van der Waals surface area contributed by atoms with Crippen LogP contribution in [-0.4, -0.2) is 6.71 Å². The molecule has 0 unspecified atom stereocenters. The standard InChI is InChI=1S/C45H39BP2.Ni/c1-34-32-35(2)45(36(3)33-34)46(41-28-16-18-30-43(41)47(37-20-8-4-9-21-37)38-22-10-5-11-23-38)42-29-17-19-31-44(42)48(39-24-12-6-13-25-39)40-26-14-7-15-27-40;/h4-33H,1-3H3;. The summed E-state index contributed by atoms with van der Waals surface area (Å²) >= 11 is 0. The number of hydrogen-bond acceptors (Lipinski definition) is 0. The summed E-state index contributed by atoms with van der Waals surface area (Å²) in [7, 11) is -1.63. The van der Waals surface area contributed by atoms with Crippen LogP contribution in [-0.2, 0) is 16.5 Å². The second kappa shape index (κ2) is 16.1. The van der Waals surface area contributed by atoms with E-state index < -0.39 is 15.8 Å². The average molecular weight is 711 g/mol. The molecule has 7 aromatic carbocycles. The molecule has 7 aromatic rings. The first-order valence-electron chi connectivity index (χ1n) is 16.7. The Labute approximate surface area is 305 Å². The van der Waals surface area contributed by atoms with E-state index in [1.165, 1.54) is 64.9 Å². The average Bonchev–Trinajstić information content (AvgIpc) is 3.13. The maximum atomic E-state index is 2.41. The fourth-order valence-corrected chi connectivity index (χ4v) is 12.1. The van der Waals surface area contributed by atoms with E-state index in [2.05, 4.69) is 203 Å². The Morgan fingerprint density at radius 3 is 0.980 bits per heavy atom. The molecule has 0 aliphatic carbocycles. The Balaban J connectivity index is 0.00000417. The fourth-order valence-electron chi connectivity index (χ4n) is 7.16. The third-order valence-electron chi connectivity index (χ3n) is 9.06. The van der Waals surface area contributed by atoms with E-state index in [0.29, 0.717) is 0 Å². The molecule has 0 atom stereocenters. The third-order valence-corrected chi connectivity index (χ3v) is 14.1. The van der Waals surface area contributed by atoms with Crippen LogP contribution in [0.3, 0.4) is 0 Å². The predicted octanol–water partition coefficient (Wildman–Crippen LogP) is 6.64. The SMILES string of the molecule is Cc1cc(C)c(B(c2ccccc2P(c2ccccc2)c2ccccc2)c2ccccc2P(c2ccccc2)c2ccccc2)c(C)c1.[Ni]. The normalized spacial score (nSPS) is 11.0. The Bertz CT molecular complexity index is 1890. The molecule has 0 saturated heterocycles. The zero-order valence-corrected chi connectivity index (χ0v) is 30.9. The van der Waals surface area contributed by atoms with E-state index in [1.54, 1.807) is 0 Å². The summed E-state index contributed by atoms with van der Waals surface area (Å²) in [6.07, 6.45) is 0. The molecule has 0 aliphatic rings. The molecule has 0 nitrogen and oxygen atoms in total. The molecule has 0 fully saturated rings. The van der Waals surface area contributed by atoms with Gasteiger partial charge in [-0.3, -0.25) is 0 Å². The maximum absolute atomic E-state index is 2.41. The minimum Gasteiger partial charge on any atom is -0.0663 e. The monoisotopic (exact) mass is 710 g/mol. The first kappa shape index (κ1) is 34.8. The number of hydrogen-bond donors (Lipinski definition) is 0. The van der Waals surface area contributed by atoms with Gasteiger partial charge in [-0.05, 0) is 68.4 Å². The quantitative estimate of drug-likeness (QED) is 0.117. The van der Waals surface area contributed by atoms with E-state index in [0.717, 1.165) is 0 Å². The molecule has 7 rings (SSSR count). The number of aryl methyl sites for hydroxylation is 3. The summed E-state index contributed by atoms with van der Waals surface area (Å²) in [6, 6.07) is 67.8. The van der Waals surface area contributed by atoms with E-state index in [4.69, 9.17) is 0 Å². The molecule has 4 heteroatoms. The summed E-state index contributed by atoms with van der Waals surface area (Å²) in [5.41, 5.74) is 8.17. The van der Waals surface area contributed by atoms with Gasteiger partial charge in [0.1, 0.15) is 0 Å². The van der Waals surface area contributed by atoms with Gasteiger partial charge in [-0.25, -0.2) is 0 Å². The molecule has 0 heterocycles. The Morgan fingerprint density at radius 2 is 0.653 bits per heavy atom. The third kappa shape index (κ3) is 7.44. The fraction of sp³-hybridized carbons (Fsp3) is 0.0667. The van der Waals surface area contributed by atoms with Crippen LogP contribution in [0.2, 0.25) is 0 Å². The van der Waals surface area contributed by atoms with Crippen LogP contribution in [0.15, 0.2) is 182 Å². The molecule has 0 aromatic heterocycles. The van der Waals surface area contributed by atoms with Crippen LogP contribution < -0.4 is 48.2 Å². The van der Waals surface area contributed by atoms with Gasteiger partial charge in [0.2, 0.25) is 6.71 Å². The van der Waals surface area contributed by atoms with Gasteiger partial charge in [-0.2, -0.15) is 0 Å². The molecule has 0 aliphatic heterocycles. The molecule has 0 bridgehead atoms. The zero-order valence-electron chi connectivity index (χ0n) is 28.1. The van der Waals surface area contributed by atoms with Crippen molar-refractivity contribution in [3.8, 4) is 0 Å². The van der Waals surface area contributed by atoms with Crippen molar-refractivity contribution in [1.82, 2.24) is 0 Å². The number of rotatable bonds is 9. The van der Waals surface area contributed by atoms with Gasteiger partial charge in [0, 0.05) is 16.5 Å². The van der Waals surface area contributed by atoms with Gasteiger partial charge in [0.15, 0.2) is 0 Å². The van der Waals surface area contributed by atoms with Crippen molar-refractivity contribution in [3.05, 3.63) is 199 Å². The number of benzene rings is 7. The van der Waals surface area contributed by atoms with Crippen molar-refractivity contribution in [2.24, 2.45) is 0 Å². The molecule has 0 radical (unpaired) electrons. The molecular weight excluding hydrogens is 672 g/mol. The summed E-state index contributed by atoms with van der Waals surface area (Å²) in [5.74, 6) is 0. The molecule has 0 spiro atoms. The predicted molar refractivity (Wildman–Crippen MR) is 216 cm³/mol. The first-order chi connectivity index (χ1) is 23.6. The molecule has 242 valence electrons. The van der Waals surface area contributed by atoms with Crippen LogP contribution in [0, 0.1) is 20.8 Å². The molecular formula is C45H39BNiP2. The zero-order chi connectivity index (χ0) is 32.9. The minimum absolute atomic E-state index is 0. The van der Waals surface area contributed by atoms with Crippen LogP contribution in [0.1, 0.15) is 16.7 Å². The minimum atomic E-state index is -0.813. The Hall–Kier alpha value is -4.04. The van der Waals surface area contributed by atoms with E-state index >= 15 is 0 Å². The molecule has 49 heavy (non-hydrogen) atoms. The smallest absolute Gasteiger partial charge is 0.0663 e. The topological polar surface area (TPSA) is 0 Å². The molecule has 0 N–H and O–H groups in total. The van der Waals surface area contributed by atoms with Crippen molar-refractivity contribution in [2.75, 3.05) is 0 Å². The second-order valence-electron chi connectivity index (χ2n) is 12.4. The largest absolute Gasteiger partial charge is 0.243 e. The molecule has 0 saturated carbocycles. The maximum Gasteiger partial charge on any atom is 0.243 e. The van der Waals surface area contributed by atoms with Gasteiger partial charge < -0.3 is 0 Å². The van der Waals surface area contributed by atoms with Crippen molar-refractivity contribution in [2.45, 2.75) is 20.8 Å². The van der Waals surface area contributed by atoms with E-state index in [9.17, 15) is 0 Å². The van der Waals surface area contributed by atoms with Crippen LogP contribution in [0.4, 0.5) is 0 Å². The Morgan fingerprint density at radius 1 is 0.367 bits per heavy atom. The summed E-state index contributed by atoms with van der Waals surface area (Å²) in [6.45, 7) is 6.88. The summed E-state index contributed by atoms with van der Waals surface area (Å²) < 4.78 is 0. The van der Waals surface area contributed by atoms with Gasteiger partial charge in [-0.15, -0.1) is 0 Å². The summed E-state index contributed by atoms with van der Waals surface area (Å²) in [5, 5.41) is 8.29. The van der Waals surface area contributed by atoms with Gasteiger partial charge in [0.25, 0.3) is 0 Å². The molecule has 0 amide bonds. The van der Waals surface area contributed by atoms with Gasteiger partial charge in [-0.1, -0.05) is 215 Å².